The molecule has 0 unspecified atom stereocenters. The van der Waals surface area contributed by atoms with E-state index in [4.69, 9.17) is 15.0 Å². The highest BCUT2D eigenvalue weighted by Gasteiger charge is 2.15. The van der Waals surface area contributed by atoms with Gasteiger partial charge in [0.2, 0.25) is 0 Å². The smallest absolute Gasteiger partial charge is 0.160 e. The summed E-state index contributed by atoms with van der Waals surface area (Å²) in [5, 5.41) is 2.40. The Morgan fingerprint density at radius 3 is 1.36 bits per heavy atom. The van der Waals surface area contributed by atoms with E-state index in [2.05, 4.69) is 162 Å². The second kappa shape index (κ2) is 13.8. The first-order valence-corrected chi connectivity index (χ1v) is 18.5. The van der Waals surface area contributed by atoms with Crippen molar-refractivity contribution in [2.75, 3.05) is 0 Å². The largest absolute Gasteiger partial charge is 0.292 e. The summed E-state index contributed by atoms with van der Waals surface area (Å²) in [5.41, 5.74) is 13.8. The molecule has 10 rings (SSSR count). The second-order valence-corrected chi connectivity index (χ2v) is 13.7. The summed E-state index contributed by atoms with van der Waals surface area (Å²) < 4.78 is 2.24. The molecule has 0 aliphatic carbocycles. The summed E-state index contributed by atoms with van der Waals surface area (Å²) in [4.78, 5) is 15.1. The predicted octanol–water partition coefficient (Wildman–Crippen LogP) is 13.0. The van der Waals surface area contributed by atoms with E-state index in [9.17, 15) is 0 Å². The average molecular weight is 703 g/mol. The van der Waals surface area contributed by atoms with E-state index in [0.29, 0.717) is 5.82 Å². The van der Waals surface area contributed by atoms with Gasteiger partial charge in [-0.2, -0.15) is 0 Å². The number of fused-ring (bicyclic) bond motifs is 2. The minimum Gasteiger partial charge on any atom is -0.292 e. The Bertz CT molecular complexity index is 2880. The number of hydrogen-bond donors (Lipinski definition) is 0. The molecule has 0 fully saturated rings. The van der Waals surface area contributed by atoms with Crippen LogP contribution in [-0.2, 0) is 0 Å². The SMILES string of the molecule is c1ccc(-c2cc(-c3ccccc3)nc(-c3ccc(-c4ccc5ccc(-c6ccc(-c7nc8ccccc8n7-c7ccccc7)cc6)cc5c4)cc3)n2)cc1. The Balaban J connectivity index is 0.954. The van der Waals surface area contributed by atoms with Gasteiger partial charge in [0.25, 0.3) is 0 Å². The van der Waals surface area contributed by atoms with Crippen LogP contribution in [0, 0.1) is 0 Å². The standard InChI is InChI=1S/C51H34N4/c1-4-12-38(13-5-1)47-34-48(39-14-6-2-7-15-39)53-50(52-47)40-26-20-35(21-27-40)42-30-24-37-25-31-43(33-44(37)32-42)36-22-28-41(29-23-36)51-54-46-18-10-11-19-49(46)55(51)45-16-8-3-9-17-45/h1-34H. The lowest BCUT2D eigenvalue weighted by molar-refractivity contribution is 1.10. The van der Waals surface area contributed by atoms with Crippen LogP contribution in [0.4, 0.5) is 0 Å². The van der Waals surface area contributed by atoms with Gasteiger partial charge in [-0.25, -0.2) is 15.0 Å². The molecular weight excluding hydrogens is 669 g/mol. The molecule has 0 N–H and O–H groups in total. The van der Waals surface area contributed by atoms with Crippen LogP contribution >= 0.6 is 0 Å². The fourth-order valence-electron chi connectivity index (χ4n) is 7.38. The van der Waals surface area contributed by atoms with Gasteiger partial charge in [0, 0.05) is 27.9 Å². The van der Waals surface area contributed by atoms with Crippen molar-refractivity contribution in [3.05, 3.63) is 206 Å². The summed E-state index contributed by atoms with van der Waals surface area (Å²) in [6, 6.07) is 72.2. The van der Waals surface area contributed by atoms with E-state index in [1.54, 1.807) is 0 Å². The molecule has 2 aromatic heterocycles. The van der Waals surface area contributed by atoms with Gasteiger partial charge in [-0.05, 0) is 75.5 Å². The van der Waals surface area contributed by atoms with Crippen LogP contribution in [0.25, 0.3) is 95.0 Å². The van der Waals surface area contributed by atoms with Crippen molar-refractivity contribution >= 4 is 21.8 Å². The van der Waals surface area contributed by atoms with E-state index in [1.807, 2.05) is 48.5 Å². The van der Waals surface area contributed by atoms with Gasteiger partial charge in [0.1, 0.15) is 5.82 Å². The Morgan fingerprint density at radius 2 is 0.782 bits per heavy atom. The first kappa shape index (κ1) is 32.2. The normalized spacial score (nSPS) is 11.3. The lowest BCUT2D eigenvalue weighted by Gasteiger charge is -2.11. The van der Waals surface area contributed by atoms with Crippen LogP contribution in [0.15, 0.2) is 206 Å². The zero-order valence-electron chi connectivity index (χ0n) is 29.9. The number of nitrogens with zero attached hydrogens (tertiary/aromatic N) is 4. The van der Waals surface area contributed by atoms with Crippen LogP contribution < -0.4 is 0 Å². The quantitative estimate of drug-likeness (QED) is 0.166. The van der Waals surface area contributed by atoms with Gasteiger partial charge in [0.05, 0.1) is 22.4 Å². The van der Waals surface area contributed by atoms with Crippen molar-refractivity contribution in [1.29, 1.82) is 0 Å². The summed E-state index contributed by atoms with van der Waals surface area (Å²) >= 11 is 0. The topological polar surface area (TPSA) is 43.6 Å². The van der Waals surface area contributed by atoms with Gasteiger partial charge in [0.15, 0.2) is 5.82 Å². The summed E-state index contributed by atoms with van der Waals surface area (Å²) in [6.45, 7) is 0. The number of aromatic nitrogens is 4. The maximum absolute atomic E-state index is 5.05. The van der Waals surface area contributed by atoms with E-state index in [-0.39, 0.29) is 0 Å². The van der Waals surface area contributed by atoms with Gasteiger partial charge in [-0.1, -0.05) is 164 Å². The second-order valence-electron chi connectivity index (χ2n) is 13.7. The molecule has 0 amide bonds. The maximum Gasteiger partial charge on any atom is 0.160 e. The molecule has 4 nitrogen and oxygen atoms in total. The molecule has 0 radical (unpaired) electrons. The third-order valence-electron chi connectivity index (χ3n) is 10.2. The third kappa shape index (κ3) is 6.26. The van der Waals surface area contributed by atoms with Crippen molar-refractivity contribution in [2.45, 2.75) is 0 Å². The Kier molecular flexibility index (Phi) is 8.12. The Morgan fingerprint density at radius 1 is 0.309 bits per heavy atom. The van der Waals surface area contributed by atoms with Crippen LogP contribution in [0.5, 0.6) is 0 Å². The molecule has 0 aliphatic rings. The minimum absolute atomic E-state index is 0.707. The Hall–Kier alpha value is -7.43. The number of benzene rings is 8. The predicted molar refractivity (Wildman–Crippen MR) is 227 cm³/mol. The monoisotopic (exact) mass is 702 g/mol. The van der Waals surface area contributed by atoms with Crippen molar-refractivity contribution < 1.29 is 0 Å². The van der Waals surface area contributed by atoms with E-state index in [0.717, 1.165) is 72.9 Å². The van der Waals surface area contributed by atoms with Gasteiger partial charge in [-0.15, -0.1) is 0 Å². The highest BCUT2D eigenvalue weighted by atomic mass is 15.1. The summed E-state index contributed by atoms with van der Waals surface area (Å²) in [6.07, 6.45) is 0. The van der Waals surface area contributed by atoms with Crippen LogP contribution in [0.2, 0.25) is 0 Å². The lowest BCUT2D eigenvalue weighted by atomic mass is 9.96. The summed E-state index contributed by atoms with van der Waals surface area (Å²) in [5.74, 6) is 1.64. The van der Waals surface area contributed by atoms with Crippen LogP contribution in [-0.4, -0.2) is 19.5 Å². The number of rotatable bonds is 7. The molecule has 0 atom stereocenters. The van der Waals surface area contributed by atoms with Gasteiger partial charge >= 0.3 is 0 Å². The fraction of sp³-hybridized carbons (Fsp3) is 0. The van der Waals surface area contributed by atoms with Gasteiger partial charge < -0.3 is 0 Å². The minimum atomic E-state index is 0.707. The highest BCUT2D eigenvalue weighted by Crippen LogP contribution is 2.34. The molecule has 8 aromatic carbocycles. The fourth-order valence-corrected chi connectivity index (χ4v) is 7.38. The molecule has 2 heterocycles. The molecule has 0 saturated carbocycles. The molecule has 0 spiro atoms. The molecular formula is C51H34N4. The number of hydrogen-bond acceptors (Lipinski definition) is 3. The molecule has 0 aliphatic heterocycles. The van der Waals surface area contributed by atoms with Crippen molar-refractivity contribution in [2.24, 2.45) is 0 Å². The Labute approximate surface area is 319 Å². The van der Waals surface area contributed by atoms with Gasteiger partial charge in [-0.3, -0.25) is 4.57 Å². The molecule has 10 aromatic rings. The highest BCUT2D eigenvalue weighted by molar-refractivity contribution is 5.91. The number of para-hydroxylation sites is 3. The average Bonchev–Trinajstić information content (AvgIpc) is 3.67. The van der Waals surface area contributed by atoms with E-state index < -0.39 is 0 Å². The van der Waals surface area contributed by atoms with Crippen LogP contribution in [0.1, 0.15) is 0 Å². The zero-order valence-corrected chi connectivity index (χ0v) is 29.9. The maximum atomic E-state index is 5.05. The molecule has 258 valence electrons. The first-order chi connectivity index (χ1) is 27.2. The van der Waals surface area contributed by atoms with E-state index >= 15 is 0 Å². The van der Waals surface area contributed by atoms with E-state index in [1.165, 1.54) is 16.3 Å². The van der Waals surface area contributed by atoms with Crippen molar-refractivity contribution in [1.82, 2.24) is 19.5 Å². The first-order valence-electron chi connectivity index (χ1n) is 18.5. The van der Waals surface area contributed by atoms with Crippen LogP contribution in [0.3, 0.4) is 0 Å². The zero-order chi connectivity index (χ0) is 36.6. The molecule has 0 bridgehead atoms. The number of imidazole rings is 1. The third-order valence-corrected chi connectivity index (χ3v) is 10.2. The molecule has 4 heteroatoms. The molecule has 0 saturated heterocycles. The summed E-state index contributed by atoms with van der Waals surface area (Å²) in [7, 11) is 0. The van der Waals surface area contributed by atoms with Crippen molar-refractivity contribution in [3.63, 3.8) is 0 Å². The van der Waals surface area contributed by atoms with Crippen molar-refractivity contribution in [3.8, 4) is 73.2 Å². The molecule has 55 heavy (non-hydrogen) atoms. The lowest BCUT2D eigenvalue weighted by Crippen LogP contribution is -1.97.